The zero-order chi connectivity index (χ0) is 24.4. The number of nitrogens with one attached hydrogen (secondary N) is 2. The Labute approximate surface area is 206 Å². The predicted octanol–water partition coefficient (Wildman–Crippen LogP) is 2.46. The van der Waals surface area contributed by atoms with Crippen molar-refractivity contribution < 1.29 is 19.4 Å². The number of likely N-dealkylation sites (tertiary alicyclic amines) is 1. The lowest BCUT2D eigenvalue weighted by molar-refractivity contribution is -0.121. The molecule has 3 aromatic rings. The number of anilines is 2. The highest BCUT2D eigenvalue weighted by Gasteiger charge is 2.27. The highest BCUT2D eigenvalue weighted by atomic mass is 32.2. The number of β-amino-alcohol motifs (C(OH)–C–C–N with tert-alkyl or cyclic N) is 1. The van der Waals surface area contributed by atoms with E-state index < -0.39 is 6.10 Å². The van der Waals surface area contributed by atoms with Gasteiger partial charge in [-0.2, -0.15) is 0 Å². The van der Waals surface area contributed by atoms with Crippen molar-refractivity contribution >= 4 is 46.0 Å². The number of methoxy groups -OCH3 is 1. The van der Waals surface area contributed by atoms with E-state index >= 15 is 0 Å². The number of ether oxygens (including phenoxy) is 1. The molecule has 3 aromatic heterocycles. The Morgan fingerprint density at radius 3 is 2.94 bits per heavy atom. The largest absolute Gasteiger partial charge is 0.481 e. The highest BCUT2D eigenvalue weighted by Crippen LogP contribution is 2.32. The zero-order valence-electron chi connectivity index (χ0n) is 19.2. The molecule has 1 saturated heterocycles. The third-order valence-electron chi connectivity index (χ3n) is 6.29. The summed E-state index contributed by atoms with van der Waals surface area (Å²) >= 11 is 1.39. The van der Waals surface area contributed by atoms with Gasteiger partial charge in [-0.15, -0.1) is 0 Å². The Morgan fingerprint density at radius 1 is 1.31 bits per heavy atom. The van der Waals surface area contributed by atoms with E-state index in [1.165, 1.54) is 11.8 Å². The lowest BCUT2D eigenvalue weighted by atomic mass is 9.95. The fraction of sp³-hybridized carbons (Fsp3) is 0.375. The minimum atomic E-state index is -0.730. The first-order valence-electron chi connectivity index (χ1n) is 11.4. The molecule has 5 rings (SSSR count). The van der Waals surface area contributed by atoms with Crippen LogP contribution in [-0.2, 0) is 9.59 Å². The molecule has 2 aliphatic rings. The summed E-state index contributed by atoms with van der Waals surface area (Å²) in [6.45, 7) is 1.83. The third-order valence-corrected chi connectivity index (χ3v) is 7.29. The van der Waals surface area contributed by atoms with Crippen LogP contribution in [0.15, 0.2) is 41.7 Å². The number of aliphatic hydroxyl groups is 1. The zero-order valence-corrected chi connectivity index (χ0v) is 20.0. The van der Waals surface area contributed by atoms with Crippen LogP contribution in [0.25, 0.3) is 11.0 Å². The van der Waals surface area contributed by atoms with Crippen LogP contribution in [-0.4, -0.2) is 69.3 Å². The molecule has 1 unspecified atom stereocenters. The van der Waals surface area contributed by atoms with Gasteiger partial charge >= 0.3 is 0 Å². The van der Waals surface area contributed by atoms with E-state index in [0.29, 0.717) is 72.1 Å². The van der Waals surface area contributed by atoms with Crippen LogP contribution in [0.2, 0.25) is 0 Å². The maximum atomic E-state index is 13.0. The monoisotopic (exact) mass is 494 g/mol. The van der Waals surface area contributed by atoms with E-state index in [0.717, 1.165) is 5.03 Å². The van der Waals surface area contributed by atoms with E-state index in [-0.39, 0.29) is 17.7 Å². The van der Waals surface area contributed by atoms with Crippen molar-refractivity contribution in [2.45, 2.75) is 24.0 Å². The smallest absolute Gasteiger partial charge is 0.234 e. The van der Waals surface area contributed by atoms with Crippen LogP contribution >= 0.6 is 11.8 Å². The maximum Gasteiger partial charge on any atom is 0.234 e. The Morgan fingerprint density at radius 2 is 2.14 bits per heavy atom. The van der Waals surface area contributed by atoms with Crippen LogP contribution in [0.1, 0.15) is 24.5 Å². The number of aliphatic hydroxyl groups excluding tert-OH is 1. The molecule has 2 aliphatic heterocycles. The second-order valence-corrected chi connectivity index (χ2v) is 9.58. The number of pyridine rings is 3. The van der Waals surface area contributed by atoms with Gasteiger partial charge in [0.25, 0.3) is 0 Å². The number of carbonyl (C=O) groups is 2. The Hall–Kier alpha value is -3.28. The van der Waals surface area contributed by atoms with E-state index in [9.17, 15) is 14.7 Å². The lowest BCUT2D eigenvalue weighted by Gasteiger charge is -2.32. The molecule has 1 atom stereocenters. The van der Waals surface area contributed by atoms with Gasteiger partial charge in [0.2, 0.25) is 17.7 Å². The molecule has 0 bridgehead atoms. The molecular weight excluding hydrogens is 468 g/mol. The van der Waals surface area contributed by atoms with Crippen LogP contribution in [0, 0.1) is 5.92 Å². The summed E-state index contributed by atoms with van der Waals surface area (Å²) < 4.78 is 5.21. The number of thioether (sulfide) groups is 1. The van der Waals surface area contributed by atoms with Gasteiger partial charge in [0.1, 0.15) is 10.5 Å². The molecule has 35 heavy (non-hydrogen) atoms. The molecule has 3 N–H and O–H groups in total. The molecule has 2 amide bonds. The normalized spacial score (nSPS) is 17.5. The fourth-order valence-electron chi connectivity index (χ4n) is 4.36. The van der Waals surface area contributed by atoms with Crippen LogP contribution < -0.4 is 15.4 Å². The van der Waals surface area contributed by atoms with E-state index in [2.05, 4.69) is 30.5 Å². The van der Waals surface area contributed by atoms with Crippen molar-refractivity contribution in [3.8, 4) is 5.88 Å². The van der Waals surface area contributed by atoms with Gasteiger partial charge in [-0.1, -0.05) is 11.8 Å². The topological polar surface area (TPSA) is 130 Å². The summed E-state index contributed by atoms with van der Waals surface area (Å²) in [5, 5.41) is 17.3. The molecule has 5 heterocycles. The minimum Gasteiger partial charge on any atom is -0.481 e. The van der Waals surface area contributed by atoms with Crippen LogP contribution in [0.4, 0.5) is 11.4 Å². The van der Waals surface area contributed by atoms with Gasteiger partial charge in [-0.25, -0.2) is 9.97 Å². The van der Waals surface area contributed by atoms with E-state index in [1.807, 2.05) is 6.07 Å². The number of hydrogen-bond acceptors (Lipinski definition) is 9. The quantitative estimate of drug-likeness (QED) is 0.473. The molecule has 1 fully saturated rings. The summed E-state index contributed by atoms with van der Waals surface area (Å²) in [6, 6.07) is 7.08. The minimum absolute atomic E-state index is 0.0468. The van der Waals surface area contributed by atoms with Gasteiger partial charge in [-0.05, 0) is 44.1 Å². The van der Waals surface area contributed by atoms with Crippen LogP contribution in [0.3, 0.4) is 0 Å². The van der Waals surface area contributed by atoms with Gasteiger partial charge < -0.3 is 25.4 Å². The van der Waals surface area contributed by atoms with Crippen molar-refractivity contribution in [2.75, 3.05) is 43.1 Å². The Balaban J connectivity index is 1.17. The number of amides is 2. The summed E-state index contributed by atoms with van der Waals surface area (Å²) in [5.74, 6) is 0.574. The maximum absolute atomic E-state index is 13.0. The summed E-state index contributed by atoms with van der Waals surface area (Å²) in [5.41, 5.74) is 3.20. The molecule has 0 radical (unpaired) electrons. The van der Waals surface area contributed by atoms with Crippen molar-refractivity contribution in [3.05, 3.63) is 42.2 Å². The summed E-state index contributed by atoms with van der Waals surface area (Å²) in [4.78, 5) is 39.9. The molecule has 182 valence electrons. The van der Waals surface area contributed by atoms with Gasteiger partial charge in [0.15, 0.2) is 0 Å². The molecule has 0 aromatic carbocycles. The Bertz CT molecular complexity index is 1260. The second-order valence-electron chi connectivity index (χ2n) is 8.62. The number of piperidine rings is 1. The van der Waals surface area contributed by atoms with Gasteiger partial charge in [0.05, 0.1) is 35.9 Å². The van der Waals surface area contributed by atoms with Crippen molar-refractivity contribution in [3.63, 3.8) is 0 Å². The number of aromatic nitrogens is 3. The number of carbonyl (C=O) groups excluding carboxylic acids is 2. The highest BCUT2D eigenvalue weighted by molar-refractivity contribution is 8.00. The second kappa shape index (κ2) is 10.1. The third kappa shape index (κ3) is 5.21. The first-order chi connectivity index (χ1) is 17.0. The van der Waals surface area contributed by atoms with Crippen LogP contribution in [0.5, 0.6) is 5.88 Å². The summed E-state index contributed by atoms with van der Waals surface area (Å²) in [6.07, 6.45) is 3.96. The number of hydrogen-bond donors (Lipinski definition) is 3. The SMILES string of the molecule is COc1ccc2nccc(NC(=O)C3CCN(CC(O)c4cnc5c(c4)NC(=O)CS5)CC3)c2n1. The van der Waals surface area contributed by atoms with Crippen molar-refractivity contribution in [1.29, 1.82) is 0 Å². The standard InChI is InChI=1S/C24H26N6O4S/c1-34-21-3-2-16-22(29-21)17(4-7-25-16)28-23(33)14-5-8-30(9-6-14)12-19(31)15-10-18-24(26-11-15)35-13-20(32)27-18/h2-4,7,10-11,14,19,31H,5-6,8-9,12-13H2,1H3,(H,27,32)(H,25,28,33). The molecule has 0 aliphatic carbocycles. The van der Waals surface area contributed by atoms with Gasteiger partial charge in [0, 0.05) is 36.5 Å². The lowest BCUT2D eigenvalue weighted by Crippen LogP contribution is -2.40. The average Bonchev–Trinajstić information content (AvgIpc) is 2.88. The average molecular weight is 495 g/mol. The first-order valence-corrected chi connectivity index (χ1v) is 12.4. The van der Waals surface area contributed by atoms with Crippen molar-refractivity contribution in [1.82, 2.24) is 19.9 Å². The number of fused-ring (bicyclic) bond motifs is 2. The first kappa shape index (κ1) is 23.5. The number of nitrogens with zero attached hydrogens (tertiary/aromatic N) is 4. The van der Waals surface area contributed by atoms with E-state index in [1.54, 1.807) is 37.7 Å². The Kier molecular flexibility index (Phi) is 6.80. The van der Waals surface area contributed by atoms with Crippen molar-refractivity contribution in [2.24, 2.45) is 5.92 Å². The predicted molar refractivity (Wildman–Crippen MR) is 132 cm³/mol. The molecular formula is C24H26N6O4S. The molecule has 10 nitrogen and oxygen atoms in total. The van der Waals surface area contributed by atoms with Gasteiger partial charge in [-0.3, -0.25) is 14.6 Å². The number of rotatable bonds is 6. The molecule has 0 saturated carbocycles. The fourth-order valence-corrected chi connectivity index (χ4v) is 5.09. The van der Waals surface area contributed by atoms with E-state index in [4.69, 9.17) is 4.74 Å². The summed E-state index contributed by atoms with van der Waals surface area (Å²) in [7, 11) is 1.55. The molecule has 0 spiro atoms. The molecule has 11 heteroatoms.